The van der Waals surface area contributed by atoms with Gasteiger partial charge in [-0.25, -0.2) is 4.98 Å². The molecule has 0 atom stereocenters. The molecule has 0 aliphatic heterocycles. The van der Waals surface area contributed by atoms with Crippen LogP contribution in [0.4, 0.5) is 4.79 Å². The SMILES string of the molecule is O=C([O-])n1cnc2ccccc21. The van der Waals surface area contributed by atoms with Crippen molar-refractivity contribution in [2.75, 3.05) is 0 Å². The molecule has 2 rings (SSSR count). The second-order valence-corrected chi connectivity index (χ2v) is 2.37. The summed E-state index contributed by atoms with van der Waals surface area (Å²) in [6, 6.07) is 6.98. The van der Waals surface area contributed by atoms with Crippen LogP contribution in [0.5, 0.6) is 0 Å². The first-order valence-corrected chi connectivity index (χ1v) is 3.42. The number of hydrogen-bond acceptors (Lipinski definition) is 3. The molecule has 0 bridgehead atoms. The van der Waals surface area contributed by atoms with E-state index in [0.717, 1.165) is 4.57 Å². The Hall–Kier alpha value is -1.84. The molecule has 0 N–H and O–H groups in total. The molecule has 1 heterocycles. The van der Waals surface area contributed by atoms with Crippen LogP contribution in [0.1, 0.15) is 0 Å². The van der Waals surface area contributed by atoms with Gasteiger partial charge in [-0.15, -0.1) is 0 Å². The van der Waals surface area contributed by atoms with Crippen LogP contribution in [0.25, 0.3) is 11.0 Å². The predicted octanol–water partition coefficient (Wildman–Crippen LogP) is 0.228. The Morgan fingerprint density at radius 1 is 1.42 bits per heavy atom. The molecule has 2 aromatic rings. The molecule has 0 saturated heterocycles. The number of aromatic nitrogens is 2. The van der Waals surface area contributed by atoms with Gasteiger partial charge in [0, 0.05) is 0 Å². The molecule has 0 aliphatic carbocycles. The van der Waals surface area contributed by atoms with Gasteiger partial charge in [-0.2, -0.15) is 0 Å². The van der Waals surface area contributed by atoms with E-state index in [4.69, 9.17) is 0 Å². The van der Waals surface area contributed by atoms with E-state index in [1.165, 1.54) is 6.33 Å². The van der Waals surface area contributed by atoms with Crippen LogP contribution >= 0.6 is 0 Å². The Kier molecular flexibility index (Phi) is 1.33. The molecule has 4 heteroatoms. The zero-order chi connectivity index (χ0) is 8.55. The zero-order valence-corrected chi connectivity index (χ0v) is 6.10. The van der Waals surface area contributed by atoms with Gasteiger partial charge in [0.15, 0.2) is 0 Å². The fraction of sp³-hybridized carbons (Fsp3) is 0. The second-order valence-electron chi connectivity index (χ2n) is 2.37. The minimum absolute atomic E-state index is 0.553. The quantitative estimate of drug-likeness (QED) is 0.555. The van der Waals surface area contributed by atoms with Gasteiger partial charge in [0.1, 0.15) is 12.4 Å². The first-order chi connectivity index (χ1) is 5.79. The van der Waals surface area contributed by atoms with Gasteiger partial charge >= 0.3 is 0 Å². The molecule has 0 amide bonds. The molecule has 0 fully saturated rings. The van der Waals surface area contributed by atoms with E-state index in [9.17, 15) is 9.90 Å². The molecular formula is C8H5N2O2-. The van der Waals surface area contributed by atoms with Crippen LogP contribution in [-0.4, -0.2) is 15.6 Å². The average molecular weight is 161 g/mol. The maximum Gasteiger partial charge on any atom is 0.147 e. The van der Waals surface area contributed by atoms with Gasteiger partial charge in [-0.3, -0.25) is 4.57 Å². The summed E-state index contributed by atoms with van der Waals surface area (Å²) in [5.74, 6) is 0. The smallest absolute Gasteiger partial charge is 0.147 e. The number of para-hydroxylation sites is 2. The van der Waals surface area contributed by atoms with E-state index in [1.807, 2.05) is 0 Å². The van der Waals surface area contributed by atoms with Crippen molar-refractivity contribution in [3.8, 4) is 0 Å². The van der Waals surface area contributed by atoms with Gasteiger partial charge < -0.3 is 9.90 Å². The summed E-state index contributed by atoms with van der Waals surface area (Å²) in [4.78, 5) is 14.4. The number of carbonyl (C=O) groups excluding carboxylic acids is 1. The monoisotopic (exact) mass is 161 g/mol. The van der Waals surface area contributed by atoms with Crippen LogP contribution in [0.3, 0.4) is 0 Å². The summed E-state index contributed by atoms with van der Waals surface area (Å²) in [5.41, 5.74) is 1.21. The highest BCUT2D eigenvalue weighted by molar-refractivity contribution is 5.84. The number of carbonyl (C=O) groups is 1. The molecule has 4 nitrogen and oxygen atoms in total. The third kappa shape index (κ3) is 0.852. The Morgan fingerprint density at radius 3 is 2.92 bits per heavy atom. The Morgan fingerprint density at radius 2 is 2.17 bits per heavy atom. The molecule has 0 aliphatic rings. The topological polar surface area (TPSA) is 57.9 Å². The average Bonchev–Trinajstić information content (AvgIpc) is 2.47. The van der Waals surface area contributed by atoms with E-state index in [0.29, 0.717) is 11.0 Å². The standard InChI is InChI=1S/C8H6N2O2/c11-8(12)10-5-9-6-3-1-2-4-7(6)10/h1-5H,(H,11,12)/p-1. The summed E-state index contributed by atoms with van der Waals surface area (Å²) >= 11 is 0. The molecule has 0 saturated carbocycles. The lowest BCUT2D eigenvalue weighted by molar-refractivity contribution is -0.249. The van der Waals surface area contributed by atoms with Crippen molar-refractivity contribution in [1.29, 1.82) is 0 Å². The first-order valence-electron chi connectivity index (χ1n) is 3.42. The third-order valence-corrected chi connectivity index (χ3v) is 1.65. The van der Waals surface area contributed by atoms with Gasteiger partial charge in [-0.05, 0) is 12.1 Å². The van der Waals surface area contributed by atoms with Crippen molar-refractivity contribution in [3.05, 3.63) is 30.6 Å². The largest absolute Gasteiger partial charge is 0.529 e. The molecular weight excluding hydrogens is 156 g/mol. The van der Waals surface area contributed by atoms with Crippen LogP contribution < -0.4 is 5.11 Å². The summed E-state index contributed by atoms with van der Waals surface area (Å²) in [6.45, 7) is 0. The fourth-order valence-corrected chi connectivity index (χ4v) is 1.10. The highest BCUT2D eigenvalue weighted by Gasteiger charge is 1.99. The number of benzene rings is 1. The fourth-order valence-electron chi connectivity index (χ4n) is 1.10. The van der Waals surface area contributed by atoms with Gasteiger partial charge in [0.2, 0.25) is 0 Å². The summed E-state index contributed by atoms with van der Waals surface area (Å²) in [6.07, 6.45) is -0.0244. The number of carboxylic acid groups (broad SMARTS) is 1. The molecule has 0 radical (unpaired) electrons. The summed E-state index contributed by atoms with van der Waals surface area (Å²) in [7, 11) is 0. The van der Waals surface area contributed by atoms with Crippen LogP contribution in [0.15, 0.2) is 30.6 Å². The summed E-state index contributed by atoms with van der Waals surface area (Å²) < 4.78 is 0.981. The van der Waals surface area contributed by atoms with Gasteiger partial charge in [0.05, 0.1) is 11.0 Å². The maximum absolute atomic E-state index is 10.5. The lowest BCUT2D eigenvalue weighted by Crippen LogP contribution is -2.27. The Balaban J connectivity index is 2.79. The minimum Gasteiger partial charge on any atom is -0.529 e. The number of hydrogen-bond donors (Lipinski definition) is 0. The van der Waals surface area contributed by atoms with Crippen molar-refractivity contribution in [2.45, 2.75) is 0 Å². The third-order valence-electron chi connectivity index (χ3n) is 1.65. The van der Waals surface area contributed by atoms with Crippen molar-refractivity contribution >= 4 is 17.1 Å². The van der Waals surface area contributed by atoms with E-state index in [-0.39, 0.29) is 0 Å². The molecule has 60 valence electrons. The van der Waals surface area contributed by atoms with E-state index >= 15 is 0 Å². The number of rotatable bonds is 0. The van der Waals surface area contributed by atoms with Crippen LogP contribution in [0.2, 0.25) is 0 Å². The highest BCUT2D eigenvalue weighted by Crippen LogP contribution is 2.10. The highest BCUT2D eigenvalue weighted by atomic mass is 16.4. The van der Waals surface area contributed by atoms with E-state index in [2.05, 4.69) is 4.98 Å². The zero-order valence-electron chi connectivity index (χ0n) is 6.10. The van der Waals surface area contributed by atoms with E-state index < -0.39 is 6.09 Å². The maximum atomic E-state index is 10.5. The van der Waals surface area contributed by atoms with E-state index in [1.54, 1.807) is 24.3 Å². The van der Waals surface area contributed by atoms with Gasteiger partial charge in [-0.1, -0.05) is 12.1 Å². The normalized spacial score (nSPS) is 10.3. The van der Waals surface area contributed by atoms with Crippen molar-refractivity contribution < 1.29 is 9.90 Å². The van der Waals surface area contributed by atoms with Crippen molar-refractivity contribution in [2.24, 2.45) is 0 Å². The number of imidazole rings is 1. The Labute approximate surface area is 68.1 Å². The van der Waals surface area contributed by atoms with Crippen LogP contribution in [0, 0.1) is 0 Å². The lowest BCUT2D eigenvalue weighted by atomic mass is 10.3. The molecule has 1 aromatic heterocycles. The summed E-state index contributed by atoms with van der Waals surface area (Å²) in [5, 5.41) is 10.5. The molecule has 0 unspecified atom stereocenters. The predicted molar refractivity (Wildman–Crippen MR) is 40.5 cm³/mol. The second kappa shape index (κ2) is 2.34. The molecule has 1 aromatic carbocycles. The number of nitrogens with zero attached hydrogens (tertiary/aromatic N) is 2. The lowest BCUT2D eigenvalue weighted by Gasteiger charge is -2.01. The minimum atomic E-state index is -1.26. The number of fused-ring (bicyclic) bond motifs is 1. The van der Waals surface area contributed by atoms with Gasteiger partial charge in [0.25, 0.3) is 0 Å². The Bertz CT molecular complexity index is 433. The first kappa shape index (κ1) is 6.84. The molecule has 12 heavy (non-hydrogen) atoms. The van der Waals surface area contributed by atoms with Crippen LogP contribution in [-0.2, 0) is 0 Å². The van der Waals surface area contributed by atoms with Crippen molar-refractivity contribution in [1.82, 2.24) is 9.55 Å². The van der Waals surface area contributed by atoms with Crippen molar-refractivity contribution in [3.63, 3.8) is 0 Å². The molecule has 0 spiro atoms.